The molecule has 2 aromatic rings. The number of fused-ring (bicyclic) bond motifs is 1. The van der Waals surface area contributed by atoms with Gasteiger partial charge in [-0.25, -0.2) is 0 Å². The summed E-state index contributed by atoms with van der Waals surface area (Å²) >= 11 is 0. The van der Waals surface area contributed by atoms with Crippen molar-refractivity contribution >= 4 is 17.5 Å². The second kappa shape index (κ2) is 11.4. The van der Waals surface area contributed by atoms with Gasteiger partial charge in [-0.2, -0.15) is 0 Å². The van der Waals surface area contributed by atoms with E-state index in [1.807, 2.05) is 0 Å². The maximum atomic E-state index is 13.4. The number of carbonyl (C=O) groups is 2. The number of carbonyl (C=O) groups excluding carboxylic acids is 2. The van der Waals surface area contributed by atoms with Crippen LogP contribution in [0.25, 0.3) is 0 Å². The van der Waals surface area contributed by atoms with Crippen LogP contribution in [-0.4, -0.2) is 81.8 Å². The highest BCUT2D eigenvalue weighted by atomic mass is 16.5. The van der Waals surface area contributed by atoms with E-state index in [4.69, 9.17) is 14.2 Å². The van der Waals surface area contributed by atoms with Gasteiger partial charge in [0.15, 0.2) is 0 Å². The third-order valence-corrected chi connectivity index (χ3v) is 6.35. The summed E-state index contributed by atoms with van der Waals surface area (Å²) in [6.07, 6.45) is -0.108. The standard InChI is InChI=1S/C26H35N3O5/c1-17-14-28(3)18(2)16-34-23-11-10-20(13-22(23)26(31)29(4)15-24(17)33-6)27-25(30)19-8-7-9-21(12-19)32-5/h7-13,17-18,24H,14-16H2,1-6H3,(H,27,30)/t17-,18-,24+/m1/s1. The number of nitrogens with one attached hydrogen (secondary N) is 1. The largest absolute Gasteiger partial charge is 0.497 e. The zero-order chi connectivity index (χ0) is 24.8. The molecule has 1 heterocycles. The molecule has 0 aromatic heterocycles. The number of methoxy groups -OCH3 is 2. The molecule has 0 spiro atoms. The second-order valence-electron chi connectivity index (χ2n) is 8.93. The monoisotopic (exact) mass is 469 g/mol. The van der Waals surface area contributed by atoms with Crippen LogP contribution >= 0.6 is 0 Å². The molecule has 1 aliphatic heterocycles. The fraction of sp³-hybridized carbons (Fsp3) is 0.462. The molecule has 0 unspecified atom stereocenters. The maximum absolute atomic E-state index is 13.4. The molecule has 3 rings (SSSR count). The first kappa shape index (κ1) is 25.5. The summed E-state index contributed by atoms with van der Waals surface area (Å²) < 4.78 is 17.0. The van der Waals surface area contributed by atoms with Crippen LogP contribution in [-0.2, 0) is 4.74 Å². The van der Waals surface area contributed by atoms with Crippen LogP contribution in [0.5, 0.6) is 11.5 Å². The van der Waals surface area contributed by atoms with Crippen molar-refractivity contribution in [2.45, 2.75) is 26.0 Å². The molecule has 2 amide bonds. The van der Waals surface area contributed by atoms with Crippen LogP contribution in [0.4, 0.5) is 5.69 Å². The molecule has 184 valence electrons. The molecule has 8 heteroatoms. The van der Waals surface area contributed by atoms with E-state index in [9.17, 15) is 9.59 Å². The van der Waals surface area contributed by atoms with Crippen LogP contribution in [0.15, 0.2) is 42.5 Å². The second-order valence-corrected chi connectivity index (χ2v) is 8.93. The van der Waals surface area contributed by atoms with Crippen LogP contribution in [0.2, 0.25) is 0 Å². The number of amides is 2. The van der Waals surface area contributed by atoms with Crippen molar-refractivity contribution in [2.75, 3.05) is 53.3 Å². The Bertz CT molecular complexity index is 1010. The van der Waals surface area contributed by atoms with Gasteiger partial charge in [0, 0.05) is 44.5 Å². The number of likely N-dealkylation sites (N-methyl/N-ethyl adjacent to an activating group) is 2. The molecule has 3 atom stereocenters. The Balaban J connectivity index is 1.90. The first-order valence-corrected chi connectivity index (χ1v) is 11.4. The predicted octanol–water partition coefficient (Wildman–Crippen LogP) is 3.38. The van der Waals surface area contributed by atoms with Crippen molar-refractivity contribution < 1.29 is 23.8 Å². The minimum atomic E-state index is -0.294. The average molecular weight is 470 g/mol. The molecule has 2 aromatic carbocycles. The van der Waals surface area contributed by atoms with Gasteiger partial charge < -0.3 is 24.4 Å². The van der Waals surface area contributed by atoms with Crippen LogP contribution < -0.4 is 14.8 Å². The van der Waals surface area contributed by atoms with Gasteiger partial charge in [-0.15, -0.1) is 0 Å². The zero-order valence-corrected chi connectivity index (χ0v) is 20.8. The molecule has 0 saturated carbocycles. The SMILES string of the molecule is COc1cccc(C(=O)Nc2ccc3c(c2)C(=O)N(C)C[C@H](OC)[C@H](C)CN(C)[C@H](C)CO3)c1. The zero-order valence-electron chi connectivity index (χ0n) is 20.8. The molecule has 0 bridgehead atoms. The summed E-state index contributed by atoms with van der Waals surface area (Å²) in [7, 11) is 7.05. The summed E-state index contributed by atoms with van der Waals surface area (Å²) in [6, 6.07) is 12.2. The Kier molecular flexibility index (Phi) is 8.52. The fourth-order valence-corrected chi connectivity index (χ4v) is 4.00. The number of hydrogen-bond acceptors (Lipinski definition) is 6. The Labute approximate surface area is 201 Å². The van der Waals surface area contributed by atoms with Crippen molar-refractivity contribution in [1.29, 1.82) is 0 Å². The van der Waals surface area contributed by atoms with E-state index in [1.54, 1.807) is 68.6 Å². The van der Waals surface area contributed by atoms with Gasteiger partial charge in [-0.1, -0.05) is 13.0 Å². The van der Waals surface area contributed by atoms with Gasteiger partial charge in [0.25, 0.3) is 11.8 Å². The van der Waals surface area contributed by atoms with E-state index >= 15 is 0 Å². The molecule has 0 aliphatic carbocycles. The van der Waals surface area contributed by atoms with Gasteiger partial charge in [-0.3, -0.25) is 14.5 Å². The first-order chi connectivity index (χ1) is 16.2. The smallest absolute Gasteiger partial charge is 0.257 e. The van der Waals surface area contributed by atoms with Gasteiger partial charge in [0.2, 0.25) is 0 Å². The summed E-state index contributed by atoms with van der Waals surface area (Å²) in [4.78, 5) is 30.1. The molecular formula is C26H35N3O5. The lowest BCUT2D eigenvalue weighted by molar-refractivity contribution is 0.0150. The summed E-state index contributed by atoms with van der Waals surface area (Å²) in [5.74, 6) is 0.816. The maximum Gasteiger partial charge on any atom is 0.257 e. The van der Waals surface area contributed by atoms with Crippen molar-refractivity contribution in [3.05, 3.63) is 53.6 Å². The highest BCUT2D eigenvalue weighted by Crippen LogP contribution is 2.27. The minimum absolute atomic E-state index is 0.108. The van der Waals surface area contributed by atoms with E-state index < -0.39 is 0 Å². The normalized spacial score (nSPS) is 22.1. The molecule has 1 aliphatic rings. The highest BCUT2D eigenvalue weighted by Gasteiger charge is 2.27. The van der Waals surface area contributed by atoms with E-state index in [1.165, 1.54) is 0 Å². The molecule has 0 radical (unpaired) electrons. The van der Waals surface area contributed by atoms with Crippen LogP contribution in [0, 0.1) is 5.92 Å². The Morgan fingerprint density at radius 2 is 1.85 bits per heavy atom. The first-order valence-electron chi connectivity index (χ1n) is 11.4. The van der Waals surface area contributed by atoms with Crippen LogP contribution in [0.1, 0.15) is 34.6 Å². The van der Waals surface area contributed by atoms with Gasteiger partial charge in [0.1, 0.15) is 18.1 Å². The molecule has 34 heavy (non-hydrogen) atoms. The van der Waals surface area contributed by atoms with Crippen molar-refractivity contribution in [1.82, 2.24) is 9.80 Å². The molecular weight excluding hydrogens is 434 g/mol. The summed E-state index contributed by atoms with van der Waals surface area (Å²) in [5, 5.41) is 2.87. The van der Waals surface area contributed by atoms with Crippen LogP contribution in [0.3, 0.4) is 0 Å². The van der Waals surface area contributed by atoms with Gasteiger partial charge >= 0.3 is 0 Å². The quantitative estimate of drug-likeness (QED) is 0.740. The Morgan fingerprint density at radius 3 is 2.56 bits per heavy atom. The number of anilines is 1. The van der Waals surface area contributed by atoms with Crippen molar-refractivity contribution in [3.63, 3.8) is 0 Å². The fourth-order valence-electron chi connectivity index (χ4n) is 4.00. The number of nitrogens with zero attached hydrogens (tertiary/aromatic N) is 2. The lowest BCUT2D eigenvalue weighted by Gasteiger charge is -2.34. The highest BCUT2D eigenvalue weighted by molar-refractivity contribution is 6.05. The Hall–Kier alpha value is -3.10. The molecule has 0 fully saturated rings. The third-order valence-electron chi connectivity index (χ3n) is 6.35. The number of hydrogen-bond donors (Lipinski definition) is 1. The summed E-state index contributed by atoms with van der Waals surface area (Å²) in [5.41, 5.74) is 1.36. The third kappa shape index (κ3) is 6.07. The molecule has 8 nitrogen and oxygen atoms in total. The molecule has 0 saturated heterocycles. The lowest BCUT2D eigenvalue weighted by Crippen LogP contribution is -2.45. The van der Waals surface area contributed by atoms with Crippen molar-refractivity contribution in [2.24, 2.45) is 5.92 Å². The number of ether oxygens (including phenoxy) is 3. The van der Waals surface area contributed by atoms with E-state index in [0.29, 0.717) is 41.5 Å². The van der Waals surface area contributed by atoms with E-state index in [2.05, 4.69) is 31.1 Å². The van der Waals surface area contributed by atoms with Gasteiger partial charge in [0.05, 0.1) is 18.8 Å². The number of rotatable bonds is 4. The minimum Gasteiger partial charge on any atom is -0.497 e. The number of benzene rings is 2. The molecule has 1 N–H and O–H groups in total. The van der Waals surface area contributed by atoms with E-state index in [-0.39, 0.29) is 29.9 Å². The van der Waals surface area contributed by atoms with E-state index in [0.717, 1.165) is 6.54 Å². The lowest BCUT2D eigenvalue weighted by atomic mass is 10.0. The average Bonchev–Trinajstić information content (AvgIpc) is 2.84. The Morgan fingerprint density at radius 1 is 1.09 bits per heavy atom. The van der Waals surface area contributed by atoms with Gasteiger partial charge in [-0.05, 0) is 56.3 Å². The van der Waals surface area contributed by atoms with Crippen molar-refractivity contribution in [3.8, 4) is 11.5 Å². The topological polar surface area (TPSA) is 80.3 Å². The summed E-state index contributed by atoms with van der Waals surface area (Å²) in [6.45, 7) is 5.92. The predicted molar refractivity (Wildman–Crippen MR) is 132 cm³/mol.